The Morgan fingerprint density at radius 1 is 1.11 bits per heavy atom. The summed E-state index contributed by atoms with van der Waals surface area (Å²) in [5.74, 6) is -0.555. The van der Waals surface area contributed by atoms with E-state index in [2.05, 4.69) is 0 Å². The smallest absolute Gasteiger partial charge is 0.449 e. The molecule has 1 aromatic carbocycles. The first-order valence-corrected chi connectivity index (χ1v) is 5.81. The van der Waals surface area contributed by atoms with Crippen molar-refractivity contribution >= 4 is 18.6 Å². The fourth-order valence-corrected chi connectivity index (χ4v) is 3.74. The summed E-state index contributed by atoms with van der Waals surface area (Å²) < 4.78 is 51.5. The van der Waals surface area contributed by atoms with Crippen LogP contribution < -0.4 is 51.4 Å². The molecule has 3 aliphatic carbocycles. The van der Waals surface area contributed by atoms with E-state index in [1.54, 1.807) is 6.07 Å². The van der Waals surface area contributed by atoms with Crippen molar-refractivity contribution in [3.05, 3.63) is 34.6 Å². The van der Waals surface area contributed by atoms with Crippen LogP contribution in [0.2, 0.25) is 10.3 Å². The number of benzene rings is 1. The minimum atomic E-state index is -4.79. The largest absolute Gasteiger partial charge is 1.00 e. The van der Waals surface area contributed by atoms with E-state index in [-0.39, 0.29) is 75.7 Å². The second kappa shape index (κ2) is 4.46. The Balaban J connectivity index is 0.00000120. The molecule has 0 aromatic heterocycles. The van der Waals surface area contributed by atoms with Gasteiger partial charge >= 0.3 is 58.4 Å². The van der Waals surface area contributed by atoms with Crippen molar-refractivity contribution in [2.75, 3.05) is 0 Å². The van der Waals surface area contributed by atoms with Gasteiger partial charge in [0.2, 0.25) is 0 Å². The van der Waals surface area contributed by atoms with Crippen LogP contribution in [0.25, 0.3) is 0 Å². The second-order valence-corrected chi connectivity index (χ2v) is 5.73. The van der Waals surface area contributed by atoms with Gasteiger partial charge in [-0.25, -0.2) is 4.39 Å². The van der Waals surface area contributed by atoms with E-state index in [4.69, 9.17) is 11.6 Å². The van der Waals surface area contributed by atoms with Crippen LogP contribution in [0.4, 0.5) is 17.3 Å². The van der Waals surface area contributed by atoms with Gasteiger partial charge in [-0.1, -0.05) is 48.3 Å². The van der Waals surface area contributed by atoms with E-state index < -0.39 is 23.5 Å². The van der Waals surface area contributed by atoms with Crippen molar-refractivity contribution in [3.63, 3.8) is 0 Å². The predicted molar refractivity (Wildman–Crippen MR) is 58.7 cm³/mol. The maximum Gasteiger partial charge on any atom is 1.00 e. The standard InChI is InChI=1S/C11H9BClF4.K/c13-9-7(2-1-3-8(9)14)10-4-11(5-10,6-10)12(15,16)17;/h1-3H,4-6H2;/q-1;+1. The van der Waals surface area contributed by atoms with Crippen LogP contribution in [0, 0.1) is 5.82 Å². The fourth-order valence-electron chi connectivity index (χ4n) is 3.41. The zero-order valence-corrected chi connectivity index (χ0v) is 13.7. The zero-order valence-electron chi connectivity index (χ0n) is 9.82. The molecule has 1 aromatic rings. The first-order valence-electron chi connectivity index (χ1n) is 5.44. The van der Waals surface area contributed by atoms with Crippen LogP contribution in [0.15, 0.2) is 18.2 Å². The van der Waals surface area contributed by atoms with Gasteiger partial charge in [0.15, 0.2) is 0 Å². The molecule has 7 heteroatoms. The molecule has 92 valence electrons. The number of halogens is 5. The Labute approximate surface area is 150 Å². The van der Waals surface area contributed by atoms with Crippen LogP contribution >= 0.6 is 11.6 Å². The van der Waals surface area contributed by atoms with Crippen LogP contribution in [0.5, 0.6) is 0 Å². The summed E-state index contributed by atoms with van der Waals surface area (Å²) in [7, 11) is 0. The van der Waals surface area contributed by atoms with Crippen LogP contribution in [-0.2, 0) is 5.41 Å². The van der Waals surface area contributed by atoms with E-state index in [0.29, 0.717) is 5.56 Å². The normalized spacial score (nSPS) is 33.2. The van der Waals surface area contributed by atoms with Gasteiger partial charge in [-0.2, -0.15) is 0 Å². The van der Waals surface area contributed by atoms with Crippen LogP contribution in [0.1, 0.15) is 24.8 Å². The summed E-state index contributed by atoms with van der Waals surface area (Å²) in [6.45, 7) is -4.79. The zero-order chi connectivity index (χ0) is 12.5. The molecule has 2 bridgehead atoms. The first-order chi connectivity index (χ1) is 7.80. The quantitative estimate of drug-likeness (QED) is 0.574. The van der Waals surface area contributed by atoms with Crippen molar-refractivity contribution in [2.45, 2.75) is 30.0 Å². The minimum Gasteiger partial charge on any atom is -0.449 e. The number of hydrogen-bond acceptors (Lipinski definition) is 0. The summed E-state index contributed by atoms with van der Waals surface area (Å²) in [4.78, 5) is 0. The molecule has 0 N–H and O–H groups in total. The summed E-state index contributed by atoms with van der Waals surface area (Å²) in [6, 6.07) is 4.36. The average Bonchev–Trinajstić information content (AvgIpc) is 2.05. The summed E-state index contributed by atoms with van der Waals surface area (Å²) in [5, 5.41) is -1.48. The molecule has 3 fully saturated rings. The van der Waals surface area contributed by atoms with Gasteiger partial charge in [0.25, 0.3) is 0 Å². The maximum absolute atomic E-state index is 13.3. The molecule has 0 saturated heterocycles. The monoisotopic (exact) mass is 302 g/mol. The summed E-state index contributed by atoms with van der Waals surface area (Å²) in [5.41, 5.74) is 0.0253. The van der Waals surface area contributed by atoms with Crippen LogP contribution in [0.3, 0.4) is 0 Å². The Bertz CT molecular complexity index is 483. The van der Waals surface area contributed by atoms with Gasteiger partial charge in [-0.05, 0) is 17.0 Å². The molecule has 3 saturated carbocycles. The Morgan fingerprint density at radius 3 is 2.17 bits per heavy atom. The molecule has 0 heterocycles. The topological polar surface area (TPSA) is 0 Å². The Kier molecular flexibility index (Phi) is 3.80. The third-order valence-electron chi connectivity index (χ3n) is 4.29. The maximum atomic E-state index is 13.3. The Morgan fingerprint density at radius 2 is 1.67 bits per heavy atom. The third kappa shape index (κ3) is 1.87. The number of hydrogen-bond donors (Lipinski definition) is 0. The molecule has 3 aliphatic rings. The molecular weight excluding hydrogens is 293 g/mol. The molecule has 0 unspecified atom stereocenters. The van der Waals surface area contributed by atoms with Crippen molar-refractivity contribution in [2.24, 2.45) is 0 Å². The fraction of sp³-hybridized carbons (Fsp3) is 0.455. The number of rotatable bonds is 2. The Hall–Kier alpha value is 0.931. The van der Waals surface area contributed by atoms with E-state index in [1.807, 2.05) is 0 Å². The summed E-state index contributed by atoms with van der Waals surface area (Å²) in [6.07, 6.45) is 0.228. The van der Waals surface area contributed by atoms with Crippen molar-refractivity contribution in [1.29, 1.82) is 0 Å². The van der Waals surface area contributed by atoms with Gasteiger partial charge in [0.05, 0.1) is 5.02 Å². The van der Waals surface area contributed by atoms with Gasteiger partial charge < -0.3 is 12.9 Å². The van der Waals surface area contributed by atoms with E-state index in [9.17, 15) is 17.3 Å². The molecule has 18 heavy (non-hydrogen) atoms. The molecule has 0 aliphatic heterocycles. The van der Waals surface area contributed by atoms with Crippen molar-refractivity contribution < 1.29 is 68.7 Å². The van der Waals surface area contributed by atoms with E-state index >= 15 is 0 Å². The molecule has 0 amide bonds. The van der Waals surface area contributed by atoms with E-state index in [1.165, 1.54) is 12.1 Å². The van der Waals surface area contributed by atoms with Gasteiger partial charge in [0, 0.05) is 0 Å². The molecule has 0 radical (unpaired) electrons. The van der Waals surface area contributed by atoms with Crippen molar-refractivity contribution in [1.82, 2.24) is 0 Å². The first kappa shape index (κ1) is 15.3. The average molecular weight is 303 g/mol. The van der Waals surface area contributed by atoms with Crippen LogP contribution in [-0.4, -0.2) is 6.98 Å². The van der Waals surface area contributed by atoms with Gasteiger partial charge in [-0.3, -0.25) is 0 Å². The molecule has 0 atom stereocenters. The second-order valence-electron chi connectivity index (χ2n) is 5.35. The predicted octanol–water partition coefficient (Wildman–Crippen LogP) is 1.51. The van der Waals surface area contributed by atoms with E-state index in [0.717, 1.165) is 0 Å². The molecular formula is C11H9BClF4K. The summed E-state index contributed by atoms with van der Waals surface area (Å²) >= 11 is 5.82. The third-order valence-corrected chi connectivity index (χ3v) is 4.67. The SMILES string of the molecule is Fc1cccc(C23CC([B-](F)(F)F)(C2)C3)c1Cl.[K+]. The molecule has 0 nitrogen and oxygen atoms in total. The van der Waals surface area contributed by atoms with Gasteiger partial charge in [-0.15, -0.1) is 0 Å². The molecule has 4 rings (SSSR count). The molecule has 0 spiro atoms. The van der Waals surface area contributed by atoms with Crippen molar-refractivity contribution in [3.8, 4) is 0 Å². The minimum absolute atomic E-state index is 0. The van der Waals surface area contributed by atoms with Gasteiger partial charge in [0.1, 0.15) is 5.82 Å².